The quantitative estimate of drug-likeness (QED) is 0.824. The van der Waals surface area contributed by atoms with Gasteiger partial charge in [-0.1, -0.05) is 17.7 Å². The number of rotatable bonds is 5. The predicted molar refractivity (Wildman–Crippen MR) is 70.7 cm³/mol. The predicted octanol–water partition coefficient (Wildman–Crippen LogP) is 3.62. The second-order valence-electron chi connectivity index (χ2n) is 4.72. The fourth-order valence-corrected chi connectivity index (χ4v) is 2.51. The van der Waals surface area contributed by atoms with E-state index in [1.807, 2.05) is 0 Å². The highest BCUT2D eigenvalue weighted by Gasteiger charge is 2.41. The van der Waals surface area contributed by atoms with Crippen LogP contribution in [0.5, 0.6) is 0 Å². The first-order valence-corrected chi connectivity index (χ1v) is 6.77. The zero-order valence-electron chi connectivity index (χ0n) is 9.81. The number of hydrogen-bond acceptors (Lipinski definition) is 1. The van der Waals surface area contributed by atoms with E-state index in [-0.39, 0.29) is 16.0 Å². The Bertz CT molecular complexity index is 460. The van der Waals surface area contributed by atoms with E-state index in [1.54, 1.807) is 6.07 Å². The molecule has 0 atom stereocenters. The maximum absolute atomic E-state index is 13.6. The molecular weight excluding hydrogens is 276 g/mol. The van der Waals surface area contributed by atoms with Crippen LogP contribution in [0.4, 0.5) is 4.39 Å². The molecule has 5 heteroatoms. The van der Waals surface area contributed by atoms with Crippen LogP contribution in [-0.2, 0) is 0 Å². The first-order chi connectivity index (χ1) is 8.58. The third kappa shape index (κ3) is 2.96. The SMILES string of the molecule is O=C(NCC1(CCCl)CC1)c1cccc(Cl)c1F. The number of carbonyl (C=O) groups is 1. The fraction of sp³-hybridized carbons (Fsp3) is 0.462. The minimum atomic E-state index is -0.668. The number of nitrogens with one attached hydrogen (secondary N) is 1. The van der Waals surface area contributed by atoms with Crippen molar-refractivity contribution in [3.63, 3.8) is 0 Å². The maximum atomic E-state index is 13.6. The minimum Gasteiger partial charge on any atom is -0.351 e. The molecule has 0 aromatic heterocycles. The summed E-state index contributed by atoms with van der Waals surface area (Å²) in [6.07, 6.45) is 3.02. The number of benzene rings is 1. The van der Waals surface area contributed by atoms with E-state index < -0.39 is 11.7 Å². The second-order valence-corrected chi connectivity index (χ2v) is 5.51. The number of alkyl halides is 1. The summed E-state index contributed by atoms with van der Waals surface area (Å²) in [7, 11) is 0. The fourth-order valence-electron chi connectivity index (χ4n) is 1.93. The highest BCUT2D eigenvalue weighted by molar-refractivity contribution is 6.31. The molecule has 0 spiro atoms. The summed E-state index contributed by atoms with van der Waals surface area (Å²) < 4.78 is 13.6. The van der Waals surface area contributed by atoms with Crippen LogP contribution >= 0.6 is 23.2 Å². The first-order valence-electron chi connectivity index (χ1n) is 5.86. The van der Waals surface area contributed by atoms with Crippen LogP contribution in [0.2, 0.25) is 5.02 Å². The number of carbonyl (C=O) groups excluding carboxylic acids is 1. The van der Waals surface area contributed by atoms with E-state index in [9.17, 15) is 9.18 Å². The van der Waals surface area contributed by atoms with Crippen LogP contribution in [-0.4, -0.2) is 18.3 Å². The van der Waals surface area contributed by atoms with Gasteiger partial charge in [-0.05, 0) is 36.8 Å². The Balaban J connectivity index is 1.98. The van der Waals surface area contributed by atoms with Gasteiger partial charge in [-0.2, -0.15) is 0 Å². The summed E-state index contributed by atoms with van der Waals surface area (Å²) in [6, 6.07) is 4.41. The van der Waals surface area contributed by atoms with Gasteiger partial charge in [0.1, 0.15) is 0 Å². The molecule has 18 heavy (non-hydrogen) atoms. The van der Waals surface area contributed by atoms with Crippen molar-refractivity contribution in [1.82, 2.24) is 5.32 Å². The topological polar surface area (TPSA) is 29.1 Å². The van der Waals surface area contributed by atoms with Crippen molar-refractivity contribution in [3.05, 3.63) is 34.6 Å². The molecule has 1 aliphatic rings. The van der Waals surface area contributed by atoms with Crippen LogP contribution in [0.1, 0.15) is 29.6 Å². The van der Waals surface area contributed by atoms with Crippen LogP contribution in [0.15, 0.2) is 18.2 Å². The number of hydrogen-bond donors (Lipinski definition) is 1. The van der Waals surface area contributed by atoms with Gasteiger partial charge in [0, 0.05) is 12.4 Å². The Morgan fingerprint density at radius 3 is 2.78 bits per heavy atom. The maximum Gasteiger partial charge on any atom is 0.254 e. The second kappa shape index (κ2) is 5.45. The molecule has 1 saturated carbocycles. The third-order valence-electron chi connectivity index (χ3n) is 3.40. The van der Waals surface area contributed by atoms with Crippen molar-refractivity contribution in [2.45, 2.75) is 19.3 Å². The summed E-state index contributed by atoms with van der Waals surface area (Å²) in [4.78, 5) is 11.9. The average Bonchev–Trinajstić information content (AvgIpc) is 3.11. The summed E-state index contributed by atoms with van der Waals surface area (Å²) in [5, 5.41) is 2.72. The zero-order valence-corrected chi connectivity index (χ0v) is 11.3. The average molecular weight is 290 g/mol. The summed E-state index contributed by atoms with van der Waals surface area (Å²) in [6.45, 7) is 0.546. The van der Waals surface area contributed by atoms with E-state index in [0.717, 1.165) is 19.3 Å². The molecule has 0 radical (unpaired) electrons. The van der Waals surface area contributed by atoms with E-state index in [1.165, 1.54) is 12.1 Å². The molecule has 0 aliphatic heterocycles. The molecule has 2 rings (SSSR count). The Morgan fingerprint density at radius 2 is 2.17 bits per heavy atom. The molecule has 1 fully saturated rings. The van der Waals surface area contributed by atoms with Gasteiger partial charge in [0.05, 0.1) is 10.6 Å². The summed E-state index contributed by atoms with van der Waals surface area (Å²) in [5.41, 5.74) is 0.121. The van der Waals surface area contributed by atoms with Crippen molar-refractivity contribution in [2.24, 2.45) is 5.41 Å². The van der Waals surface area contributed by atoms with E-state index in [0.29, 0.717) is 12.4 Å². The number of amides is 1. The van der Waals surface area contributed by atoms with Gasteiger partial charge in [0.25, 0.3) is 5.91 Å². The van der Waals surface area contributed by atoms with E-state index >= 15 is 0 Å². The lowest BCUT2D eigenvalue weighted by Crippen LogP contribution is -2.31. The molecule has 1 aromatic rings. The van der Waals surface area contributed by atoms with Gasteiger partial charge < -0.3 is 5.32 Å². The summed E-state index contributed by atoms with van der Waals surface area (Å²) >= 11 is 11.4. The van der Waals surface area contributed by atoms with Gasteiger partial charge in [-0.15, -0.1) is 11.6 Å². The molecule has 0 bridgehead atoms. The van der Waals surface area contributed by atoms with Crippen molar-refractivity contribution in [2.75, 3.05) is 12.4 Å². The van der Waals surface area contributed by atoms with Crippen LogP contribution < -0.4 is 5.32 Å². The van der Waals surface area contributed by atoms with Gasteiger partial charge >= 0.3 is 0 Å². The minimum absolute atomic E-state index is 0.0100. The molecule has 0 heterocycles. The van der Waals surface area contributed by atoms with Crippen LogP contribution in [0, 0.1) is 11.2 Å². The van der Waals surface area contributed by atoms with Crippen LogP contribution in [0.3, 0.4) is 0 Å². The zero-order chi connectivity index (χ0) is 13.2. The number of halogens is 3. The largest absolute Gasteiger partial charge is 0.351 e. The standard InChI is InChI=1S/C13H14Cl2FNO/c14-7-6-13(4-5-13)8-17-12(18)9-2-1-3-10(15)11(9)16/h1-3H,4-8H2,(H,17,18). The molecule has 1 amide bonds. The van der Waals surface area contributed by atoms with E-state index in [2.05, 4.69) is 5.32 Å². The monoisotopic (exact) mass is 289 g/mol. The normalized spacial score (nSPS) is 16.4. The van der Waals surface area contributed by atoms with Crippen molar-refractivity contribution < 1.29 is 9.18 Å². The van der Waals surface area contributed by atoms with E-state index in [4.69, 9.17) is 23.2 Å². The Hall–Kier alpha value is -0.800. The molecule has 1 aromatic carbocycles. The van der Waals surface area contributed by atoms with Crippen molar-refractivity contribution >= 4 is 29.1 Å². The first kappa shape index (κ1) is 13.6. The highest BCUT2D eigenvalue weighted by Crippen LogP contribution is 2.48. The van der Waals surface area contributed by atoms with Crippen LogP contribution in [0.25, 0.3) is 0 Å². The highest BCUT2D eigenvalue weighted by atomic mass is 35.5. The Labute approximate surface area is 115 Å². The van der Waals surface area contributed by atoms with Gasteiger partial charge in [0.15, 0.2) is 5.82 Å². The Kier molecular flexibility index (Phi) is 4.13. The molecule has 2 nitrogen and oxygen atoms in total. The Morgan fingerprint density at radius 1 is 1.44 bits per heavy atom. The molecule has 0 saturated heterocycles. The lowest BCUT2D eigenvalue weighted by atomic mass is 10.0. The molecule has 98 valence electrons. The smallest absolute Gasteiger partial charge is 0.254 e. The third-order valence-corrected chi connectivity index (χ3v) is 3.88. The van der Waals surface area contributed by atoms with Crippen molar-refractivity contribution in [1.29, 1.82) is 0 Å². The van der Waals surface area contributed by atoms with Gasteiger partial charge in [-0.3, -0.25) is 4.79 Å². The van der Waals surface area contributed by atoms with Gasteiger partial charge in [0.2, 0.25) is 0 Å². The molecule has 1 N–H and O–H groups in total. The lowest BCUT2D eigenvalue weighted by molar-refractivity contribution is 0.0940. The molecular formula is C13H14Cl2FNO. The summed E-state index contributed by atoms with van der Waals surface area (Å²) in [5.74, 6) is -0.504. The molecule has 1 aliphatic carbocycles. The van der Waals surface area contributed by atoms with Gasteiger partial charge in [-0.25, -0.2) is 4.39 Å². The molecule has 0 unspecified atom stereocenters. The lowest BCUT2D eigenvalue weighted by Gasteiger charge is -2.14. The van der Waals surface area contributed by atoms with Crippen molar-refractivity contribution in [3.8, 4) is 0 Å².